The summed E-state index contributed by atoms with van der Waals surface area (Å²) in [6, 6.07) is 0.597. The molecule has 0 radical (unpaired) electrons. The van der Waals surface area contributed by atoms with Crippen molar-refractivity contribution in [3.63, 3.8) is 0 Å². The summed E-state index contributed by atoms with van der Waals surface area (Å²) in [5, 5.41) is 3.42. The standard InChI is InChI=1S/C10H19NO/c1-10(6-3-7-12-10)9(11-2)8-4-5-8/h8-9,11H,3-7H2,1-2H3. The van der Waals surface area contributed by atoms with Gasteiger partial charge in [0.25, 0.3) is 0 Å². The zero-order chi connectivity index (χ0) is 8.60. The predicted octanol–water partition coefficient (Wildman–Crippen LogP) is 1.55. The number of likely N-dealkylation sites (N-methyl/N-ethyl adjacent to an activating group) is 1. The first kappa shape index (κ1) is 8.52. The largest absolute Gasteiger partial charge is 0.374 e. The average molecular weight is 169 g/mol. The van der Waals surface area contributed by atoms with E-state index in [-0.39, 0.29) is 5.60 Å². The Labute approximate surface area is 74.7 Å². The Balaban J connectivity index is 2.02. The van der Waals surface area contributed by atoms with Crippen LogP contribution in [0.15, 0.2) is 0 Å². The second kappa shape index (κ2) is 3.00. The number of rotatable bonds is 3. The van der Waals surface area contributed by atoms with Crippen molar-refractivity contribution in [3.05, 3.63) is 0 Å². The molecule has 0 aromatic rings. The molecule has 0 aromatic heterocycles. The van der Waals surface area contributed by atoms with Gasteiger partial charge in [0.2, 0.25) is 0 Å². The number of ether oxygens (including phenoxy) is 1. The molecule has 0 amide bonds. The zero-order valence-corrected chi connectivity index (χ0v) is 8.10. The van der Waals surface area contributed by atoms with Crippen LogP contribution < -0.4 is 5.32 Å². The van der Waals surface area contributed by atoms with E-state index < -0.39 is 0 Å². The Morgan fingerprint density at radius 2 is 2.25 bits per heavy atom. The van der Waals surface area contributed by atoms with E-state index in [0.29, 0.717) is 6.04 Å². The van der Waals surface area contributed by atoms with Gasteiger partial charge >= 0.3 is 0 Å². The normalized spacial score (nSPS) is 38.5. The van der Waals surface area contributed by atoms with Crippen molar-refractivity contribution in [3.8, 4) is 0 Å². The second-order valence-electron chi connectivity index (χ2n) is 4.37. The SMILES string of the molecule is CNC(C1CC1)C1(C)CCCO1. The summed E-state index contributed by atoms with van der Waals surface area (Å²) >= 11 is 0. The molecular formula is C10H19NO. The van der Waals surface area contributed by atoms with E-state index in [9.17, 15) is 0 Å². The fourth-order valence-electron chi connectivity index (χ4n) is 2.52. The second-order valence-corrected chi connectivity index (χ2v) is 4.37. The zero-order valence-electron chi connectivity index (χ0n) is 8.10. The van der Waals surface area contributed by atoms with Crippen LogP contribution in [0.5, 0.6) is 0 Å². The molecule has 2 aliphatic rings. The van der Waals surface area contributed by atoms with Crippen LogP contribution in [-0.4, -0.2) is 25.3 Å². The molecule has 0 spiro atoms. The Hall–Kier alpha value is -0.0800. The lowest BCUT2D eigenvalue weighted by atomic mass is 9.90. The van der Waals surface area contributed by atoms with Crippen LogP contribution >= 0.6 is 0 Å². The highest BCUT2D eigenvalue weighted by atomic mass is 16.5. The fourth-order valence-corrected chi connectivity index (χ4v) is 2.52. The summed E-state index contributed by atoms with van der Waals surface area (Å²) in [5.74, 6) is 0.887. The molecule has 2 heteroatoms. The Bertz CT molecular complexity index is 159. The Morgan fingerprint density at radius 1 is 1.50 bits per heavy atom. The van der Waals surface area contributed by atoms with Gasteiger partial charge in [-0.15, -0.1) is 0 Å². The summed E-state index contributed by atoms with van der Waals surface area (Å²) < 4.78 is 5.83. The van der Waals surface area contributed by atoms with E-state index in [2.05, 4.69) is 19.3 Å². The van der Waals surface area contributed by atoms with Crippen molar-refractivity contribution in [2.45, 2.75) is 44.2 Å². The molecule has 1 aliphatic heterocycles. The molecule has 12 heavy (non-hydrogen) atoms. The number of hydrogen-bond donors (Lipinski definition) is 1. The van der Waals surface area contributed by atoms with Gasteiger partial charge in [-0.1, -0.05) is 0 Å². The van der Waals surface area contributed by atoms with Crippen molar-refractivity contribution in [1.82, 2.24) is 5.32 Å². The van der Waals surface area contributed by atoms with Gasteiger partial charge in [0.1, 0.15) is 0 Å². The van der Waals surface area contributed by atoms with Crippen LogP contribution in [0.25, 0.3) is 0 Å². The van der Waals surface area contributed by atoms with Gasteiger partial charge in [0.15, 0.2) is 0 Å². The van der Waals surface area contributed by atoms with E-state index in [0.717, 1.165) is 12.5 Å². The third-order valence-corrected chi connectivity index (χ3v) is 3.31. The van der Waals surface area contributed by atoms with Crippen LogP contribution in [0.3, 0.4) is 0 Å². The lowest BCUT2D eigenvalue weighted by Gasteiger charge is -2.33. The Morgan fingerprint density at radius 3 is 2.67 bits per heavy atom. The van der Waals surface area contributed by atoms with Crippen LogP contribution in [0.2, 0.25) is 0 Å². The van der Waals surface area contributed by atoms with Crippen molar-refractivity contribution in [1.29, 1.82) is 0 Å². The topological polar surface area (TPSA) is 21.3 Å². The molecule has 1 heterocycles. The van der Waals surface area contributed by atoms with Crippen molar-refractivity contribution in [2.75, 3.05) is 13.7 Å². The van der Waals surface area contributed by atoms with Crippen LogP contribution in [0.1, 0.15) is 32.6 Å². The minimum absolute atomic E-state index is 0.135. The summed E-state index contributed by atoms with van der Waals surface area (Å²) in [4.78, 5) is 0. The lowest BCUT2D eigenvalue weighted by molar-refractivity contribution is -0.0156. The Kier molecular flexibility index (Phi) is 2.13. The maximum Gasteiger partial charge on any atom is 0.0810 e. The number of nitrogens with one attached hydrogen (secondary N) is 1. The van der Waals surface area contributed by atoms with E-state index in [1.807, 2.05) is 0 Å². The van der Waals surface area contributed by atoms with Gasteiger partial charge in [-0.3, -0.25) is 0 Å². The molecule has 1 saturated carbocycles. The highest BCUT2D eigenvalue weighted by molar-refractivity contribution is 5.00. The third kappa shape index (κ3) is 1.38. The minimum atomic E-state index is 0.135. The molecule has 1 N–H and O–H groups in total. The van der Waals surface area contributed by atoms with Crippen LogP contribution in [-0.2, 0) is 4.74 Å². The molecule has 2 unspecified atom stereocenters. The first-order chi connectivity index (χ1) is 5.76. The minimum Gasteiger partial charge on any atom is -0.374 e. The van der Waals surface area contributed by atoms with Gasteiger partial charge in [-0.2, -0.15) is 0 Å². The molecule has 0 aromatic carbocycles. The van der Waals surface area contributed by atoms with Crippen molar-refractivity contribution >= 4 is 0 Å². The maximum atomic E-state index is 5.83. The maximum absolute atomic E-state index is 5.83. The first-order valence-electron chi connectivity index (χ1n) is 5.07. The quantitative estimate of drug-likeness (QED) is 0.692. The highest BCUT2D eigenvalue weighted by Crippen LogP contribution is 2.41. The summed E-state index contributed by atoms with van der Waals surface area (Å²) in [5.41, 5.74) is 0.135. The van der Waals surface area contributed by atoms with E-state index >= 15 is 0 Å². The van der Waals surface area contributed by atoms with Gasteiger partial charge in [0, 0.05) is 12.6 Å². The molecule has 2 atom stereocenters. The molecule has 1 saturated heterocycles. The smallest absolute Gasteiger partial charge is 0.0810 e. The molecule has 70 valence electrons. The fraction of sp³-hybridized carbons (Fsp3) is 1.00. The lowest BCUT2D eigenvalue weighted by Crippen LogP contribution is -2.48. The first-order valence-corrected chi connectivity index (χ1v) is 5.07. The van der Waals surface area contributed by atoms with E-state index in [4.69, 9.17) is 4.74 Å². The van der Waals surface area contributed by atoms with Crippen LogP contribution in [0.4, 0.5) is 0 Å². The molecular weight excluding hydrogens is 150 g/mol. The monoisotopic (exact) mass is 169 g/mol. The highest BCUT2D eigenvalue weighted by Gasteiger charge is 2.45. The molecule has 2 fully saturated rings. The average Bonchev–Trinajstić information content (AvgIpc) is 2.77. The molecule has 2 nitrogen and oxygen atoms in total. The van der Waals surface area contributed by atoms with Crippen LogP contribution in [0, 0.1) is 5.92 Å². The molecule has 1 aliphatic carbocycles. The summed E-state index contributed by atoms with van der Waals surface area (Å²) in [7, 11) is 2.07. The molecule has 2 rings (SSSR count). The van der Waals surface area contributed by atoms with Gasteiger partial charge < -0.3 is 10.1 Å². The summed E-state index contributed by atoms with van der Waals surface area (Å²) in [6.07, 6.45) is 5.26. The predicted molar refractivity (Wildman–Crippen MR) is 49.2 cm³/mol. The third-order valence-electron chi connectivity index (χ3n) is 3.31. The number of hydrogen-bond acceptors (Lipinski definition) is 2. The molecule has 0 bridgehead atoms. The van der Waals surface area contributed by atoms with Gasteiger partial charge in [-0.25, -0.2) is 0 Å². The van der Waals surface area contributed by atoms with E-state index in [1.165, 1.54) is 25.7 Å². The van der Waals surface area contributed by atoms with Gasteiger partial charge in [0.05, 0.1) is 5.60 Å². The van der Waals surface area contributed by atoms with Crippen molar-refractivity contribution in [2.24, 2.45) is 5.92 Å². The van der Waals surface area contributed by atoms with Crippen molar-refractivity contribution < 1.29 is 4.74 Å². The van der Waals surface area contributed by atoms with Gasteiger partial charge in [-0.05, 0) is 45.6 Å². The van der Waals surface area contributed by atoms with E-state index in [1.54, 1.807) is 0 Å². The summed E-state index contributed by atoms with van der Waals surface area (Å²) in [6.45, 7) is 3.22.